The average molecular weight is 661 g/mol. The van der Waals surface area contributed by atoms with Crippen LogP contribution in [-0.4, -0.2) is 36.7 Å². The molecule has 6 nitrogen and oxygen atoms in total. The molecule has 0 atom stereocenters. The van der Waals surface area contributed by atoms with E-state index in [1.165, 1.54) is 0 Å². The monoisotopic (exact) mass is 660 g/mol. The first-order chi connectivity index (χ1) is 15.7. The summed E-state index contributed by atoms with van der Waals surface area (Å²) >= 11 is 4.73. The molecule has 0 aromatic heterocycles. The van der Waals surface area contributed by atoms with Gasteiger partial charge in [0.05, 0.1) is 17.9 Å². The first-order valence-corrected chi connectivity index (χ1v) is 13.0. The van der Waals surface area contributed by atoms with Gasteiger partial charge >= 0.3 is 38.6 Å². The van der Waals surface area contributed by atoms with E-state index < -0.39 is 17.9 Å². The predicted octanol–water partition coefficient (Wildman–Crippen LogP) is 2.32. The van der Waals surface area contributed by atoms with Crippen LogP contribution in [0.5, 0.6) is 0 Å². The molecule has 0 heterocycles. The van der Waals surface area contributed by atoms with Crippen molar-refractivity contribution in [1.82, 2.24) is 0 Å². The fourth-order valence-corrected chi connectivity index (χ4v) is 3.41. The first kappa shape index (κ1) is 32.4. The summed E-state index contributed by atoms with van der Waals surface area (Å²) in [4.78, 5) is 34.0. The van der Waals surface area contributed by atoms with Gasteiger partial charge in [-0.3, -0.25) is 0 Å². The van der Waals surface area contributed by atoms with E-state index in [0.29, 0.717) is 0 Å². The Morgan fingerprint density at radius 1 is 0.471 bits per heavy atom. The SMILES string of the molecule is CSc1ccc(C(=O)[O-])cc1.CSc1ccc(C(=O)[O-])cc1.CSc1ccc(C(=O)[O-])cc1.[Tb+3]. The molecule has 0 aliphatic rings. The van der Waals surface area contributed by atoms with Gasteiger partial charge in [-0.2, -0.15) is 0 Å². The molecule has 0 amide bonds. The summed E-state index contributed by atoms with van der Waals surface area (Å²) in [6, 6.07) is 19.8. The van der Waals surface area contributed by atoms with Crippen LogP contribution in [-0.2, 0) is 0 Å². The standard InChI is InChI=1S/3C8H8O2S.Tb/c3*1-11-7-4-2-6(3-5-7)8(9)10;/h3*2-5H,1H3,(H,9,10);/q;;;+3/p-3. The molecule has 0 fully saturated rings. The Morgan fingerprint density at radius 3 is 0.765 bits per heavy atom. The molecular weight excluding hydrogens is 639 g/mol. The predicted molar refractivity (Wildman–Crippen MR) is 128 cm³/mol. The largest absolute Gasteiger partial charge is 3.00 e. The van der Waals surface area contributed by atoms with Crippen LogP contribution in [0, 0.1) is 38.6 Å². The molecule has 0 saturated heterocycles. The van der Waals surface area contributed by atoms with Crippen molar-refractivity contribution in [1.29, 1.82) is 0 Å². The molecule has 0 aliphatic heterocycles. The van der Waals surface area contributed by atoms with Gasteiger partial charge in [0.1, 0.15) is 0 Å². The maximum atomic E-state index is 10.3. The fraction of sp³-hybridized carbons (Fsp3) is 0.125. The Bertz CT molecular complexity index is 903. The summed E-state index contributed by atoms with van der Waals surface area (Å²) in [5.41, 5.74) is 0.674. The maximum Gasteiger partial charge on any atom is 3.00 e. The zero-order chi connectivity index (χ0) is 24.8. The van der Waals surface area contributed by atoms with Crippen molar-refractivity contribution in [3.05, 3.63) is 89.5 Å². The molecule has 0 unspecified atom stereocenters. The third-order valence-corrected chi connectivity index (χ3v) is 6.21. The van der Waals surface area contributed by atoms with Crippen LogP contribution in [0.3, 0.4) is 0 Å². The zero-order valence-corrected chi connectivity index (χ0v) is 23.0. The molecule has 3 aromatic carbocycles. The van der Waals surface area contributed by atoms with Crippen molar-refractivity contribution in [2.24, 2.45) is 0 Å². The van der Waals surface area contributed by atoms with Crippen molar-refractivity contribution in [2.45, 2.75) is 14.7 Å². The van der Waals surface area contributed by atoms with E-state index in [-0.39, 0.29) is 55.3 Å². The molecule has 180 valence electrons. The van der Waals surface area contributed by atoms with Gasteiger partial charge in [-0.05, 0) is 71.9 Å². The summed E-state index contributed by atoms with van der Waals surface area (Å²) < 4.78 is 0. The zero-order valence-electron chi connectivity index (χ0n) is 18.4. The Kier molecular flexibility index (Phi) is 17.0. The van der Waals surface area contributed by atoms with Crippen molar-refractivity contribution >= 4 is 53.2 Å². The number of aromatic carboxylic acids is 3. The molecular formula is C24H21O6S3Tb. The second-order valence-electron chi connectivity index (χ2n) is 6.05. The minimum absolute atomic E-state index is 0. The third kappa shape index (κ3) is 12.2. The van der Waals surface area contributed by atoms with E-state index in [9.17, 15) is 29.7 Å². The van der Waals surface area contributed by atoms with Gasteiger partial charge in [0, 0.05) is 14.7 Å². The molecule has 10 heteroatoms. The third-order valence-electron chi connectivity index (χ3n) is 3.98. The van der Waals surface area contributed by atoms with E-state index in [0.717, 1.165) is 14.7 Å². The van der Waals surface area contributed by atoms with Crippen molar-refractivity contribution in [2.75, 3.05) is 18.8 Å². The first-order valence-electron chi connectivity index (χ1n) is 9.28. The van der Waals surface area contributed by atoms with Gasteiger partial charge < -0.3 is 29.7 Å². The van der Waals surface area contributed by atoms with Crippen molar-refractivity contribution in [3.63, 3.8) is 0 Å². The number of carboxylic acids is 3. The minimum atomic E-state index is -1.13. The van der Waals surface area contributed by atoms with Crippen LogP contribution in [0.15, 0.2) is 87.5 Å². The topological polar surface area (TPSA) is 120 Å². The van der Waals surface area contributed by atoms with E-state index >= 15 is 0 Å². The van der Waals surface area contributed by atoms with Crippen molar-refractivity contribution < 1.29 is 68.3 Å². The van der Waals surface area contributed by atoms with E-state index in [1.807, 2.05) is 18.8 Å². The number of carboxylic acid groups (broad SMARTS) is 3. The molecule has 0 N–H and O–H groups in total. The van der Waals surface area contributed by atoms with Crippen LogP contribution in [0.1, 0.15) is 31.1 Å². The number of benzene rings is 3. The molecule has 0 aliphatic carbocycles. The molecule has 0 bridgehead atoms. The summed E-state index contributed by atoms with van der Waals surface area (Å²) in [6.45, 7) is 0. The summed E-state index contributed by atoms with van der Waals surface area (Å²) in [5.74, 6) is -3.38. The van der Waals surface area contributed by atoms with Gasteiger partial charge in [-0.1, -0.05) is 36.4 Å². The Balaban J connectivity index is 0.000000473. The van der Waals surface area contributed by atoms with E-state index in [2.05, 4.69) is 0 Å². The molecule has 0 radical (unpaired) electrons. The molecule has 3 aromatic rings. The fourth-order valence-electron chi connectivity index (χ4n) is 2.18. The van der Waals surface area contributed by atoms with E-state index in [1.54, 1.807) is 108 Å². The van der Waals surface area contributed by atoms with Gasteiger partial charge in [0.15, 0.2) is 0 Å². The van der Waals surface area contributed by atoms with Gasteiger partial charge in [0.25, 0.3) is 0 Å². The van der Waals surface area contributed by atoms with Crippen LogP contribution in [0.4, 0.5) is 0 Å². The van der Waals surface area contributed by atoms with Crippen LogP contribution < -0.4 is 15.3 Å². The number of thioether (sulfide) groups is 3. The number of hydrogen-bond donors (Lipinski definition) is 0. The smallest absolute Gasteiger partial charge is 0.545 e. The maximum absolute atomic E-state index is 10.3. The van der Waals surface area contributed by atoms with Gasteiger partial charge in [-0.25, -0.2) is 0 Å². The number of carbonyl (C=O) groups is 3. The summed E-state index contributed by atoms with van der Waals surface area (Å²) in [6.07, 6.45) is 5.82. The van der Waals surface area contributed by atoms with Crippen LogP contribution in [0.25, 0.3) is 0 Å². The van der Waals surface area contributed by atoms with Crippen LogP contribution >= 0.6 is 35.3 Å². The summed E-state index contributed by atoms with van der Waals surface area (Å²) in [7, 11) is 0. The normalized spacial score (nSPS) is 9.26. The Labute approximate surface area is 242 Å². The second kappa shape index (κ2) is 17.8. The number of rotatable bonds is 6. The second-order valence-corrected chi connectivity index (χ2v) is 8.69. The molecule has 34 heavy (non-hydrogen) atoms. The van der Waals surface area contributed by atoms with Crippen molar-refractivity contribution in [3.8, 4) is 0 Å². The molecule has 0 saturated carbocycles. The molecule has 0 spiro atoms. The van der Waals surface area contributed by atoms with Crippen LogP contribution in [0.2, 0.25) is 0 Å². The average Bonchev–Trinajstić information content (AvgIpc) is 2.84. The number of hydrogen-bond acceptors (Lipinski definition) is 9. The Morgan fingerprint density at radius 2 is 0.647 bits per heavy atom. The van der Waals surface area contributed by atoms with E-state index in [4.69, 9.17) is 0 Å². The number of carbonyl (C=O) groups excluding carboxylic acids is 3. The van der Waals surface area contributed by atoms with Gasteiger partial charge in [0.2, 0.25) is 0 Å². The quantitative estimate of drug-likeness (QED) is 0.367. The molecule has 3 rings (SSSR count). The minimum Gasteiger partial charge on any atom is -0.545 e. The Hall–Kier alpha value is -1.59. The van der Waals surface area contributed by atoms with Gasteiger partial charge in [-0.15, -0.1) is 35.3 Å². The summed E-state index contributed by atoms with van der Waals surface area (Å²) in [5, 5.41) is 30.8.